The quantitative estimate of drug-likeness (QED) is 0.512. The summed E-state index contributed by atoms with van der Waals surface area (Å²) in [5, 5.41) is 2.58. The van der Waals surface area contributed by atoms with Crippen molar-refractivity contribution in [3.05, 3.63) is 83.9 Å². The lowest BCUT2D eigenvalue weighted by Gasteiger charge is -2.07. The predicted octanol–water partition coefficient (Wildman–Crippen LogP) is 5.94. The zero-order valence-electron chi connectivity index (χ0n) is 11.8. The number of benzene rings is 3. The number of rotatable bonds is 1. The number of fused-ring (bicyclic) bond motifs is 2. The molecule has 0 aromatic heterocycles. The van der Waals surface area contributed by atoms with E-state index in [1.807, 2.05) is 0 Å². The van der Waals surface area contributed by atoms with E-state index in [0.29, 0.717) is 0 Å². The first-order valence-corrected chi connectivity index (χ1v) is 7.36. The summed E-state index contributed by atoms with van der Waals surface area (Å²) in [6.07, 6.45) is 9.86. The van der Waals surface area contributed by atoms with Crippen molar-refractivity contribution in [2.45, 2.75) is 6.42 Å². The molecule has 21 heavy (non-hydrogen) atoms. The predicted molar refractivity (Wildman–Crippen MR) is 92.1 cm³/mol. The molecule has 0 unspecified atom stereocenters. The molecule has 0 heteroatoms. The molecule has 0 saturated heterocycles. The van der Waals surface area contributed by atoms with Crippen LogP contribution in [0.2, 0.25) is 0 Å². The van der Waals surface area contributed by atoms with Crippen molar-refractivity contribution in [2.75, 3.05) is 0 Å². The molecule has 0 radical (unpaired) electrons. The molecule has 3 aromatic carbocycles. The Morgan fingerprint density at radius 1 is 0.571 bits per heavy atom. The molecule has 1 aliphatic carbocycles. The van der Waals surface area contributed by atoms with Crippen molar-refractivity contribution in [2.24, 2.45) is 0 Å². The molecular weight excluding hydrogens is 252 g/mol. The summed E-state index contributed by atoms with van der Waals surface area (Å²) in [5.41, 5.74) is 5.15. The van der Waals surface area contributed by atoms with Gasteiger partial charge >= 0.3 is 0 Å². The van der Waals surface area contributed by atoms with Crippen LogP contribution in [0.25, 0.3) is 34.1 Å². The zero-order valence-corrected chi connectivity index (χ0v) is 11.8. The van der Waals surface area contributed by atoms with Gasteiger partial charge in [0.05, 0.1) is 0 Å². The fourth-order valence-electron chi connectivity index (χ4n) is 2.89. The molecule has 0 nitrogen and oxygen atoms in total. The Balaban J connectivity index is 1.85. The standard InChI is InChI=1S/C21H16/c1-2-6-16-10-12-20(14-18(16)8-3-1)21-13-11-17-7-4-5-9-19(17)15-21/h2-15H,1H2. The van der Waals surface area contributed by atoms with Gasteiger partial charge in [0.15, 0.2) is 0 Å². The summed E-state index contributed by atoms with van der Waals surface area (Å²) in [6, 6.07) is 21.9. The molecule has 0 aliphatic heterocycles. The minimum atomic E-state index is 1.01. The van der Waals surface area contributed by atoms with Crippen LogP contribution in [0.5, 0.6) is 0 Å². The summed E-state index contributed by atoms with van der Waals surface area (Å²) in [4.78, 5) is 0. The van der Waals surface area contributed by atoms with Gasteiger partial charge in [0.25, 0.3) is 0 Å². The van der Waals surface area contributed by atoms with Gasteiger partial charge in [-0.1, -0.05) is 72.8 Å². The Kier molecular flexibility index (Phi) is 2.93. The third-order valence-electron chi connectivity index (χ3n) is 4.04. The molecule has 0 fully saturated rings. The molecule has 0 saturated carbocycles. The molecule has 0 amide bonds. The maximum Gasteiger partial charge on any atom is -0.0162 e. The van der Waals surface area contributed by atoms with Crippen molar-refractivity contribution in [1.82, 2.24) is 0 Å². The summed E-state index contributed by atoms with van der Waals surface area (Å²) in [5.74, 6) is 0. The van der Waals surface area contributed by atoms with Gasteiger partial charge in [0, 0.05) is 0 Å². The van der Waals surface area contributed by atoms with Crippen LogP contribution in [0.4, 0.5) is 0 Å². The monoisotopic (exact) mass is 268 g/mol. The zero-order chi connectivity index (χ0) is 14.1. The van der Waals surface area contributed by atoms with E-state index in [-0.39, 0.29) is 0 Å². The Morgan fingerprint density at radius 3 is 2.19 bits per heavy atom. The van der Waals surface area contributed by atoms with E-state index >= 15 is 0 Å². The topological polar surface area (TPSA) is 0 Å². The van der Waals surface area contributed by atoms with Crippen molar-refractivity contribution in [1.29, 1.82) is 0 Å². The maximum absolute atomic E-state index is 2.28. The second-order valence-electron chi connectivity index (χ2n) is 5.45. The van der Waals surface area contributed by atoms with Crippen LogP contribution in [0.3, 0.4) is 0 Å². The first-order chi connectivity index (χ1) is 10.4. The van der Waals surface area contributed by atoms with E-state index in [0.717, 1.165) is 6.42 Å². The largest absolute Gasteiger partial charge is 0.0801 e. The summed E-state index contributed by atoms with van der Waals surface area (Å²) in [6.45, 7) is 0. The van der Waals surface area contributed by atoms with Gasteiger partial charge in [0.1, 0.15) is 0 Å². The molecule has 0 atom stereocenters. The fraction of sp³-hybridized carbons (Fsp3) is 0.0476. The summed E-state index contributed by atoms with van der Waals surface area (Å²) < 4.78 is 0. The van der Waals surface area contributed by atoms with E-state index in [4.69, 9.17) is 0 Å². The van der Waals surface area contributed by atoms with E-state index < -0.39 is 0 Å². The first-order valence-electron chi connectivity index (χ1n) is 7.36. The minimum Gasteiger partial charge on any atom is -0.0801 e. The molecule has 0 bridgehead atoms. The Labute approximate surface area is 125 Å². The highest BCUT2D eigenvalue weighted by atomic mass is 14.1. The van der Waals surface area contributed by atoms with Crippen molar-refractivity contribution >= 4 is 22.9 Å². The van der Waals surface area contributed by atoms with Crippen LogP contribution in [0, 0.1) is 0 Å². The van der Waals surface area contributed by atoms with E-state index in [1.54, 1.807) is 0 Å². The van der Waals surface area contributed by atoms with E-state index in [1.165, 1.54) is 33.0 Å². The van der Waals surface area contributed by atoms with Gasteiger partial charge in [-0.15, -0.1) is 0 Å². The smallest absolute Gasteiger partial charge is 0.0162 e. The van der Waals surface area contributed by atoms with Crippen LogP contribution >= 0.6 is 0 Å². The highest BCUT2D eigenvalue weighted by molar-refractivity contribution is 5.88. The molecule has 1 aliphatic rings. The number of hydrogen-bond acceptors (Lipinski definition) is 0. The van der Waals surface area contributed by atoms with Crippen molar-refractivity contribution < 1.29 is 0 Å². The fourth-order valence-corrected chi connectivity index (χ4v) is 2.89. The Morgan fingerprint density at radius 2 is 1.29 bits per heavy atom. The van der Waals surface area contributed by atoms with E-state index in [2.05, 4.69) is 85.0 Å². The number of allylic oxidation sites excluding steroid dienone is 2. The van der Waals surface area contributed by atoms with Gasteiger partial charge < -0.3 is 0 Å². The van der Waals surface area contributed by atoms with Crippen LogP contribution < -0.4 is 0 Å². The second kappa shape index (κ2) is 5.06. The lowest BCUT2D eigenvalue weighted by molar-refractivity contribution is 1.44. The minimum absolute atomic E-state index is 1.01. The lowest BCUT2D eigenvalue weighted by Crippen LogP contribution is -1.84. The van der Waals surface area contributed by atoms with Crippen LogP contribution in [-0.4, -0.2) is 0 Å². The van der Waals surface area contributed by atoms with Crippen molar-refractivity contribution in [3.63, 3.8) is 0 Å². The summed E-state index contributed by atoms with van der Waals surface area (Å²) in [7, 11) is 0. The third kappa shape index (κ3) is 2.30. The third-order valence-corrected chi connectivity index (χ3v) is 4.04. The SMILES string of the molecule is C1=Cc2ccc(-c3ccc4ccccc4c3)cc2C=CC1. The highest BCUT2D eigenvalue weighted by Crippen LogP contribution is 2.28. The molecular formula is C21H16. The molecule has 3 aromatic rings. The summed E-state index contributed by atoms with van der Waals surface area (Å²) >= 11 is 0. The molecule has 0 N–H and O–H groups in total. The molecule has 4 rings (SSSR count). The van der Waals surface area contributed by atoms with Gasteiger partial charge in [-0.3, -0.25) is 0 Å². The van der Waals surface area contributed by atoms with E-state index in [9.17, 15) is 0 Å². The Hall–Kier alpha value is -2.60. The van der Waals surface area contributed by atoms with Gasteiger partial charge in [-0.2, -0.15) is 0 Å². The average molecular weight is 268 g/mol. The second-order valence-corrected chi connectivity index (χ2v) is 5.45. The van der Waals surface area contributed by atoms with Crippen LogP contribution in [-0.2, 0) is 0 Å². The van der Waals surface area contributed by atoms with Crippen LogP contribution in [0.15, 0.2) is 72.8 Å². The van der Waals surface area contributed by atoms with Gasteiger partial charge in [-0.25, -0.2) is 0 Å². The maximum atomic E-state index is 2.28. The van der Waals surface area contributed by atoms with Gasteiger partial charge in [0.2, 0.25) is 0 Å². The lowest BCUT2D eigenvalue weighted by atomic mass is 9.97. The first kappa shape index (κ1) is 12.2. The average Bonchev–Trinajstić information content (AvgIpc) is 2.79. The Bertz CT molecular complexity index is 866. The van der Waals surface area contributed by atoms with Gasteiger partial charge in [-0.05, 0) is 51.6 Å². The normalized spacial score (nSPS) is 13.1. The molecule has 100 valence electrons. The van der Waals surface area contributed by atoms with Crippen LogP contribution in [0.1, 0.15) is 17.5 Å². The molecule has 0 spiro atoms. The van der Waals surface area contributed by atoms with Crippen molar-refractivity contribution in [3.8, 4) is 11.1 Å². The number of hydrogen-bond donors (Lipinski definition) is 0. The molecule has 0 heterocycles. The highest BCUT2D eigenvalue weighted by Gasteiger charge is 2.04.